The Balaban J connectivity index is 2.57. The van der Waals surface area contributed by atoms with Crippen molar-refractivity contribution in [3.8, 4) is 11.8 Å². The molecule has 0 radical (unpaired) electrons. The van der Waals surface area contributed by atoms with Crippen LogP contribution < -0.4 is 0 Å². The van der Waals surface area contributed by atoms with Gasteiger partial charge in [0.15, 0.2) is 0 Å². The second kappa shape index (κ2) is 3.93. The van der Waals surface area contributed by atoms with Gasteiger partial charge in [0.1, 0.15) is 0 Å². The van der Waals surface area contributed by atoms with E-state index in [1.807, 2.05) is 37.4 Å². The largest absolute Gasteiger partial charge is 0.256 e. The van der Waals surface area contributed by atoms with E-state index < -0.39 is 0 Å². The maximum absolute atomic E-state index is 4.30. The zero-order valence-corrected chi connectivity index (χ0v) is 8.12. The third kappa shape index (κ3) is 1.60. The van der Waals surface area contributed by atoms with Crippen LogP contribution in [-0.4, -0.2) is 4.98 Å². The van der Waals surface area contributed by atoms with Crippen LogP contribution in [0.4, 0.5) is 0 Å². The van der Waals surface area contributed by atoms with E-state index in [4.69, 9.17) is 0 Å². The molecule has 2 aromatic rings. The van der Waals surface area contributed by atoms with Gasteiger partial charge in [0.25, 0.3) is 0 Å². The van der Waals surface area contributed by atoms with E-state index >= 15 is 0 Å². The second-order valence-corrected chi connectivity index (χ2v) is 3.09. The fraction of sp³-hybridized carbons (Fsp3) is 0.154. The van der Waals surface area contributed by atoms with E-state index in [1.165, 1.54) is 10.9 Å². The van der Waals surface area contributed by atoms with Crippen LogP contribution in [0.2, 0.25) is 0 Å². The second-order valence-electron chi connectivity index (χ2n) is 3.09. The molecule has 2 rings (SSSR count). The van der Waals surface area contributed by atoms with E-state index in [1.54, 1.807) is 0 Å². The van der Waals surface area contributed by atoms with Crippen molar-refractivity contribution in [2.24, 2.45) is 0 Å². The van der Waals surface area contributed by atoms with Gasteiger partial charge >= 0.3 is 0 Å². The van der Waals surface area contributed by atoms with Gasteiger partial charge in [-0.05, 0) is 24.6 Å². The number of para-hydroxylation sites is 1. The first kappa shape index (κ1) is 8.77. The zero-order valence-electron chi connectivity index (χ0n) is 8.12. The molecule has 1 nitrogen and oxygen atoms in total. The highest BCUT2D eigenvalue weighted by molar-refractivity contribution is 5.82. The third-order valence-corrected chi connectivity index (χ3v) is 2.19. The van der Waals surface area contributed by atoms with Crippen molar-refractivity contribution in [2.75, 3.05) is 0 Å². The average molecular weight is 181 g/mol. The van der Waals surface area contributed by atoms with Gasteiger partial charge in [-0.3, -0.25) is 4.98 Å². The molecule has 0 spiro atoms. The molecule has 14 heavy (non-hydrogen) atoms. The Morgan fingerprint density at radius 3 is 2.93 bits per heavy atom. The first-order chi connectivity index (χ1) is 6.92. The molecule has 1 heteroatoms. The molecule has 1 aromatic carbocycles. The Morgan fingerprint density at radius 2 is 2.07 bits per heavy atom. The normalized spacial score (nSPS) is 9.50. The number of nitrogens with zero attached hydrogens (tertiary/aromatic N) is 1. The summed E-state index contributed by atoms with van der Waals surface area (Å²) >= 11 is 0. The van der Waals surface area contributed by atoms with Gasteiger partial charge in [-0.2, -0.15) is 0 Å². The summed E-state index contributed by atoms with van der Waals surface area (Å²) in [5.41, 5.74) is 2.30. The number of aromatic nitrogens is 1. The molecular weight excluding hydrogens is 170 g/mol. The standard InChI is InChI=1S/C13H11N/c1-2-3-6-11-9-10-14-13-8-5-4-7-12(11)13/h4-5,7-10H,6H2,1H3. The molecule has 0 unspecified atom stereocenters. The van der Waals surface area contributed by atoms with Crippen LogP contribution in [0.3, 0.4) is 0 Å². The van der Waals surface area contributed by atoms with Crippen LogP contribution in [0.5, 0.6) is 0 Å². The van der Waals surface area contributed by atoms with Gasteiger partial charge in [-0.25, -0.2) is 0 Å². The van der Waals surface area contributed by atoms with E-state index in [-0.39, 0.29) is 0 Å². The first-order valence-corrected chi connectivity index (χ1v) is 4.64. The molecule has 0 aliphatic carbocycles. The maximum Gasteiger partial charge on any atom is 0.0705 e. The molecule has 1 heterocycles. The molecule has 0 bridgehead atoms. The minimum atomic E-state index is 0.805. The number of hydrogen-bond donors (Lipinski definition) is 0. The lowest BCUT2D eigenvalue weighted by molar-refractivity contribution is 1.30. The number of rotatable bonds is 1. The molecule has 0 amide bonds. The van der Waals surface area contributed by atoms with Gasteiger partial charge in [0.05, 0.1) is 5.52 Å². The fourth-order valence-corrected chi connectivity index (χ4v) is 1.49. The van der Waals surface area contributed by atoms with Crippen molar-refractivity contribution in [2.45, 2.75) is 13.3 Å². The van der Waals surface area contributed by atoms with Crippen molar-refractivity contribution < 1.29 is 0 Å². The minimum Gasteiger partial charge on any atom is -0.256 e. The molecule has 0 aliphatic rings. The van der Waals surface area contributed by atoms with Crippen molar-refractivity contribution >= 4 is 10.9 Å². The van der Waals surface area contributed by atoms with Gasteiger partial charge in [-0.15, -0.1) is 5.92 Å². The number of benzene rings is 1. The Bertz CT molecular complexity index is 498. The van der Waals surface area contributed by atoms with Crippen LogP contribution in [-0.2, 0) is 6.42 Å². The molecule has 0 atom stereocenters. The molecular formula is C13H11N. The molecule has 1 aromatic heterocycles. The first-order valence-electron chi connectivity index (χ1n) is 4.64. The number of fused-ring (bicyclic) bond motifs is 1. The third-order valence-electron chi connectivity index (χ3n) is 2.19. The van der Waals surface area contributed by atoms with E-state index in [0.717, 1.165) is 11.9 Å². The highest BCUT2D eigenvalue weighted by Gasteiger charge is 1.98. The molecule has 0 aliphatic heterocycles. The number of pyridine rings is 1. The summed E-state index contributed by atoms with van der Waals surface area (Å²) in [7, 11) is 0. The summed E-state index contributed by atoms with van der Waals surface area (Å²) in [5.74, 6) is 5.99. The summed E-state index contributed by atoms with van der Waals surface area (Å²) in [5, 5.41) is 1.21. The predicted molar refractivity (Wildman–Crippen MR) is 58.9 cm³/mol. The monoisotopic (exact) mass is 181 g/mol. The van der Waals surface area contributed by atoms with E-state index in [0.29, 0.717) is 0 Å². The summed E-state index contributed by atoms with van der Waals surface area (Å²) in [6.45, 7) is 1.86. The Hall–Kier alpha value is -1.81. The fourth-order valence-electron chi connectivity index (χ4n) is 1.49. The highest BCUT2D eigenvalue weighted by Crippen LogP contribution is 2.15. The molecule has 0 N–H and O–H groups in total. The maximum atomic E-state index is 4.30. The summed E-state index contributed by atoms with van der Waals surface area (Å²) < 4.78 is 0. The van der Waals surface area contributed by atoms with Crippen molar-refractivity contribution in [3.63, 3.8) is 0 Å². The summed E-state index contributed by atoms with van der Waals surface area (Å²) in [4.78, 5) is 4.30. The van der Waals surface area contributed by atoms with Crippen LogP contribution in [0.25, 0.3) is 10.9 Å². The van der Waals surface area contributed by atoms with Gasteiger partial charge in [-0.1, -0.05) is 24.1 Å². The highest BCUT2D eigenvalue weighted by atomic mass is 14.6. The quantitative estimate of drug-likeness (QED) is 0.616. The topological polar surface area (TPSA) is 12.9 Å². The van der Waals surface area contributed by atoms with E-state index in [9.17, 15) is 0 Å². The van der Waals surface area contributed by atoms with Crippen molar-refractivity contribution in [1.82, 2.24) is 4.98 Å². The lowest BCUT2D eigenvalue weighted by Crippen LogP contribution is -1.86. The van der Waals surface area contributed by atoms with Gasteiger partial charge in [0, 0.05) is 18.0 Å². The predicted octanol–water partition coefficient (Wildman–Crippen LogP) is 2.80. The van der Waals surface area contributed by atoms with Crippen LogP contribution in [0.15, 0.2) is 36.5 Å². The SMILES string of the molecule is CC#CCc1ccnc2ccccc12. The average Bonchev–Trinajstić information content (AvgIpc) is 2.26. The molecule has 0 saturated carbocycles. The van der Waals surface area contributed by atoms with Gasteiger partial charge in [0.2, 0.25) is 0 Å². The summed E-state index contributed by atoms with van der Waals surface area (Å²) in [6, 6.07) is 10.2. The van der Waals surface area contributed by atoms with Crippen LogP contribution in [0, 0.1) is 11.8 Å². The number of hydrogen-bond acceptors (Lipinski definition) is 1. The Morgan fingerprint density at radius 1 is 1.21 bits per heavy atom. The lowest BCUT2D eigenvalue weighted by Gasteiger charge is -2.01. The molecule has 0 fully saturated rings. The van der Waals surface area contributed by atoms with Crippen molar-refractivity contribution in [1.29, 1.82) is 0 Å². The lowest BCUT2D eigenvalue weighted by atomic mass is 10.1. The summed E-state index contributed by atoms with van der Waals surface area (Å²) in [6.07, 6.45) is 2.65. The van der Waals surface area contributed by atoms with Gasteiger partial charge < -0.3 is 0 Å². The van der Waals surface area contributed by atoms with Crippen LogP contribution in [0.1, 0.15) is 12.5 Å². The zero-order chi connectivity index (χ0) is 9.80. The Labute approximate surface area is 83.8 Å². The van der Waals surface area contributed by atoms with Crippen molar-refractivity contribution in [3.05, 3.63) is 42.1 Å². The molecule has 0 saturated heterocycles. The van der Waals surface area contributed by atoms with Crippen LogP contribution >= 0.6 is 0 Å². The van der Waals surface area contributed by atoms with E-state index in [2.05, 4.69) is 22.9 Å². The minimum absolute atomic E-state index is 0.805. The molecule has 68 valence electrons. The smallest absolute Gasteiger partial charge is 0.0705 e. The Kier molecular flexibility index (Phi) is 2.46.